The molecule has 0 unspecified atom stereocenters. The number of anilines is 3. The first-order chi connectivity index (χ1) is 23.3. The van der Waals surface area contributed by atoms with Gasteiger partial charge in [0.15, 0.2) is 0 Å². The topological polar surface area (TPSA) is 16.4 Å². The minimum Gasteiger partial charge on any atom is -0.455 e. The third-order valence-corrected chi connectivity index (χ3v) is 10.6. The van der Waals surface area contributed by atoms with E-state index in [9.17, 15) is 0 Å². The second-order valence-corrected chi connectivity index (χ2v) is 13.2. The summed E-state index contributed by atoms with van der Waals surface area (Å²) in [6.45, 7) is 0. The number of benzene rings is 8. The van der Waals surface area contributed by atoms with Crippen molar-refractivity contribution in [3.63, 3.8) is 0 Å². The average Bonchev–Trinajstić information content (AvgIpc) is 3.71. The van der Waals surface area contributed by atoms with Crippen molar-refractivity contribution in [2.75, 3.05) is 4.90 Å². The fraction of sp³-hybridized carbons (Fsp3) is 0. The molecule has 2 aromatic heterocycles. The third kappa shape index (κ3) is 4.17. The van der Waals surface area contributed by atoms with Gasteiger partial charge in [0.25, 0.3) is 0 Å². The minimum absolute atomic E-state index is 0.882. The molecular formula is C44H27NOS. The monoisotopic (exact) mass is 617 g/mol. The lowest BCUT2D eigenvalue weighted by Crippen LogP contribution is -2.10. The highest BCUT2D eigenvalue weighted by molar-refractivity contribution is 7.25. The molecule has 0 atom stereocenters. The Morgan fingerprint density at radius 2 is 1.11 bits per heavy atom. The third-order valence-electron chi connectivity index (χ3n) is 9.43. The SMILES string of the molecule is c1ccc2cc(N(c3ccc(-c4ccc5c(c4)sc4ccccc45)cc3)c3cccc4oc5c6ccccc6ccc5c34)ccc2c1. The van der Waals surface area contributed by atoms with Crippen molar-refractivity contribution in [3.05, 3.63) is 164 Å². The lowest BCUT2D eigenvalue weighted by atomic mass is 10.0. The predicted molar refractivity (Wildman–Crippen MR) is 202 cm³/mol. The molecule has 2 heterocycles. The van der Waals surface area contributed by atoms with Gasteiger partial charge in [-0.2, -0.15) is 0 Å². The van der Waals surface area contributed by atoms with Crippen molar-refractivity contribution < 1.29 is 4.42 Å². The van der Waals surface area contributed by atoms with Crippen LogP contribution in [0.15, 0.2) is 168 Å². The van der Waals surface area contributed by atoms with Gasteiger partial charge in [-0.05, 0) is 81.9 Å². The highest BCUT2D eigenvalue weighted by Gasteiger charge is 2.20. The Kier molecular flexibility index (Phi) is 5.78. The number of furan rings is 1. The Balaban J connectivity index is 1.16. The van der Waals surface area contributed by atoms with E-state index in [1.54, 1.807) is 0 Å². The molecule has 0 aliphatic carbocycles. The summed E-state index contributed by atoms with van der Waals surface area (Å²) >= 11 is 1.86. The van der Waals surface area contributed by atoms with Gasteiger partial charge in [-0.15, -0.1) is 11.3 Å². The van der Waals surface area contributed by atoms with Gasteiger partial charge in [-0.1, -0.05) is 109 Å². The number of hydrogen-bond donors (Lipinski definition) is 0. The van der Waals surface area contributed by atoms with Gasteiger partial charge in [0.2, 0.25) is 0 Å². The highest BCUT2D eigenvalue weighted by Crippen LogP contribution is 2.45. The van der Waals surface area contributed by atoms with E-state index in [0.29, 0.717) is 0 Å². The van der Waals surface area contributed by atoms with Gasteiger partial charge >= 0.3 is 0 Å². The molecule has 0 spiro atoms. The second kappa shape index (κ2) is 10.3. The molecule has 3 heteroatoms. The summed E-state index contributed by atoms with van der Waals surface area (Å²) in [6.07, 6.45) is 0. The summed E-state index contributed by atoms with van der Waals surface area (Å²) in [5, 5.41) is 9.62. The van der Waals surface area contributed by atoms with Crippen LogP contribution in [0.25, 0.3) is 74.8 Å². The van der Waals surface area contributed by atoms with Gasteiger partial charge in [-0.3, -0.25) is 0 Å². The number of thiophene rings is 1. The number of nitrogens with zero attached hydrogens (tertiary/aromatic N) is 1. The smallest absolute Gasteiger partial charge is 0.143 e. The lowest BCUT2D eigenvalue weighted by molar-refractivity contribution is 0.672. The second-order valence-electron chi connectivity index (χ2n) is 12.1. The zero-order chi connectivity index (χ0) is 30.9. The fourth-order valence-electron chi connectivity index (χ4n) is 7.17. The van der Waals surface area contributed by atoms with Crippen molar-refractivity contribution >= 4 is 92.1 Å². The van der Waals surface area contributed by atoms with E-state index in [2.05, 4.69) is 169 Å². The fourth-order valence-corrected chi connectivity index (χ4v) is 8.32. The van der Waals surface area contributed by atoms with E-state index in [0.717, 1.165) is 44.4 Å². The molecule has 10 rings (SSSR count). The molecule has 220 valence electrons. The molecule has 0 fully saturated rings. The molecule has 0 aliphatic rings. The number of fused-ring (bicyclic) bond motifs is 9. The number of hydrogen-bond acceptors (Lipinski definition) is 3. The zero-order valence-corrected chi connectivity index (χ0v) is 26.2. The molecule has 0 bridgehead atoms. The van der Waals surface area contributed by atoms with Crippen molar-refractivity contribution in [2.24, 2.45) is 0 Å². The van der Waals surface area contributed by atoms with Crippen LogP contribution in [0.2, 0.25) is 0 Å². The molecule has 0 aliphatic heterocycles. The van der Waals surface area contributed by atoms with E-state index in [-0.39, 0.29) is 0 Å². The van der Waals surface area contributed by atoms with Crippen molar-refractivity contribution in [3.8, 4) is 11.1 Å². The van der Waals surface area contributed by atoms with Crippen LogP contribution in [-0.4, -0.2) is 0 Å². The van der Waals surface area contributed by atoms with Gasteiger partial charge in [0.1, 0.15) is 11.2 Å². The van der Waals surface area contributed by atoms with E-state index >= 15 is 0 Å². The van der Waals surface area contributed by atoms with Crippen LogP contribution in [0, 0.1) is 0 Å². The van der Waals surface area contributed by atoms with Crippen molar-refractivity contribution in [1.29, 1.82) is 0 Å². The van der Waals surface area contributed by atoms with Crippen molar-refractivity contribution in [1.82, 2.24) is 0 Å². The summed E-state index contributed by atoms with van der Waals surface area (Å²) in [5.74, 6) is 0. The maximum Gasteiger partial charge on any atom is 0.143 e. The normalized spacial score (nSPS) is 11.8. The number of rotatable bonds is 4. The molecule has 0 amide bonds. The molecule has 0 saturated carbocycles. The molecule has 2 nitrogen and oxygen atoms in total. The molecule has 0 radical (unpaired) electrons. The first kappa shape index (κ1) is 26.3. The van der Waals surface area contributed by atoms with E-state index in [1.807, 2.05) is 11.3 Å². The van der Waals surface area contributed by atoms with Crippen molar-refractivity contribution in [2.45, 2.75) is 0 Å². The Morgan fingerprint density at radius 1 is 0.426 bits per heavy atom. The maximum atomic E-state index is 6.61. The Hall–Kier alpha value is -5.90. The van der Waals surface area contributed by atoms with Gasteiger partial charge in [-0.25, -0.2) is 0 Å². The zero-order valence-electron chi connectivity index (χ0n) is 25.4. The summed E-state index contributed by atoms with van der Waals surface area (Å²) in [6, 6.07) is 59.0. The maximum absolute atomic E-state index is 6.61. The standard InChI is InChI=1S/C44H27NOS/c1-2-10-31-26-34(23-18-28(31)8-1)45(39-13-7-14-40-43(39)38-25-19-30-9-3-4-11-35(30)44(38)46-40)33-21-16-29(17-22-33)32-20-24-37-36-12-5-6-15-41(36)47-42(37)27-32/h1-27H. The Labute approximate surface area is 275 Å². The van der Waals surface area contributed by atoms with E-state index in [4.69, 9.17) is 4.42 Å². The minimum atomic E-state index is 0.882. The largest absolute Gasteiger partial charge is 0.455 e. The average molecular weight is 618 g/mol. The summed E-state index contributed by atoms with van der Waals surface area (Å²) in [5.41, 5.74) is 7.52. The van der Waals surface area contributed by atoms with Gasteiger partial charge in [0, 0.05) is 42.3 Å². The quantitative estimate of drug-likeness (QED) is 0.195. The first-order valence-corrected chi connectivity index (χ1v) is 16.7. The van der Waals surface area contributed by atoms with E-state index < -0.39 is 0 Å². The van der Waals surface area contributed by atoms with Crippen LogP contribution in [0.4, 0.5) is 17.1 Å². The van der Waals surface area contributed by atoms with Crippen LogP contribution in [-0.2, 0) is 0 Å². The summed E-state index contributed by atoms with van der Waals surface area (Å²) < 4.78 is 9.25. The summed E-state index contributed by atoms with van der Waals surface area (Å²) in [7, 11) is 0. The van der Waals surface area contributed by atoms with Crippen LogP contribution in [0.1, 0.15) is 0 Å². The molecule has 8 aromatic carbocycles. The first-order valence-electron chi connectivity index (χ1n) is 15.9. The summed E-state index contributed by atoms with van der Waals surface area (Å²) in [4.78, 5) is 2.37. The van der Waals surface area contributed by atoms with Crippen LogP contribution < -0.4 is 4.90 Å². The molecule has 10 aromatic rings. The molecule has 0 saturated heterocycles. The van der Waals surface area contributed by atoms with Gasteiger partial charge in [0.05, 0.1) is 11.1 Å². The van der Waals surface area contributed by atoms with Gasteiger partial charge < -0.3 is 9.32 Å². The highest BCUT2D eigenvalue weighted by atomic mass is 32.1. The van der Waals surface area contributed by atoms with Crippen LogP contribution >= 0.6 is 11.3 Å². The van der Waals surface area contributed by atoms with Crippen LogP contribution in [0.3, 0.4) is 0 Å². The van der Waals surface area contributed by atoms with Crippen LogP contribution in [0.5, 0.6) is 0 Å². The van der Waals surface area contributed by atoms with E-state index in [1.165, 1.54) is 47.5 Å². The Morgan fingerprint density at radius 3 is 2.00 bits per heavy atom. The predicted octanol–water partition coefficient (Wildman–Crippen LogP) is 13.4. The molecular weight excluding hydrogens is 591 g/mol. The Bertz CT molecular complexity index is 2810. The molecule has 47 heavy (non-hydrogen) atoms. The molecule has 0 N–H and O–H groups in total. The lowest BCUT2D eigenvalue weighted by Gasteiger charge is -2.27.